The lowest BCUT2D eigenvalue weighted by atomic mass is 10.3. The third-order valence-electron chi connectivity index (χ3n) is 2.87. The summed E-state index contributed by atoms with van der Waals surface area (Å²) in [5.41, 5.74) is 0.254. The monoisotopic (exact) mass is 252 g/mol. The molecule has 0 spiro atoms. The fourth-order valence-electron chi connectivity index (χ4n) is 2.01. The molecule has 0 bridgehead atoms. The number of aromatic amines is 2. The van der Waals surface area contributed by atoms with Gasteiger partial charge in [0.05, 0.1) is 5.52 Å². The van der Waals surface area contributed by atoms with E-state index in [1.54, 1.807) is 11.3 Å². The minimum atomic E-state index is -0.595. The molecule has 3 heterocycles. The molecule has 7 heteroatoms. The average Bonchev–Trinajstić information content (AvgIpc) is 2.74. The number of aromatic nitrogens is 2. The molecule has 2 aromatic rings. The van der Waals surface area contributed by atoms with Crippen LogP contribution in [0.4, 0.5) is 5.00 Å². The van der Waals surface area contributed by atoms with Gasteiger partial charge in [0.15, 0.2) is 0 Å². The zero-order chi connectivity index (χ0) is 11.8. The van der Waals surface area contributed by atoms with Gasteiger partial charge < -0.3 is 20.2 Å². The Morgan fingerprint density at radius 1 is 1.12 bits per heavy atom. The van der Waals surface area contributed by atoms with Crippen molar-refractivity contribution in [3.8, 4) is 0 Å². The van der Waals surface area contributed by atoms with Gasteiger partial charge >= 0.3 is 11.1 Å². The van der Waals surface area contributed by atoms with Crippen molar-refractivity contribution in [2.45, 2.75) is 0 Å². The number of piperazine rings is 1. The molecule has 0 saturated carbocycles. The molecule has 1 aliphatic rings. The summed E-state index contributed by atoms with van der Waals surface area (Å²) in [5.74, 6) is 0. The number of nitrogens with one attached hydrogen (secondary N) is 3. The van der Waals surface area contributed by atoms with E-state index in [9.17, 15) is 9.59 Å². The number of hydrogen-bond acceptors (Lipinski definition) is 5. The minimum absolute atomic E-state index is 0.590. The van der Waals surface area contributed by atoms with Crippen LogP contribution in [-0.4, -0.2) is 36.1 Å². The van der Waals surface area contributed by atoms with E-state index < -0.39 is 11.1 Å². The Morgan fingerprint density at radius 2 is 1.82 bits per heavy atom. The van der Waals surface area contributed by atoms with E-state index >= 15 is 0 Å². The number of hydrogen-bond donors (Lipinski definition) is 3. The first-order chi connectivity index (χ1) is 8.25. The fraction of sp³-hybridized carbons (Fsp3) is 0.400. The van der Waals surface area contributed by atoms with Crippen LogP contribution in [0.1, 0.15) is 0 Å². The first-order valence-corrected chi connectivity index (χ1v) is 6.33. The number of anilines is 1. The van der Waals surface area contributed by atoms with Gasteiger partial charge in [-0.2, -0.15) is 0 Å². The SMILES string of the molecule is O=c1[nH]c2csc(N3CCNCC3)c2[nH]c1=O. The zero-order valence-electron chi connectivity index (χ0n) is 9.08. The Balaban J connectivity index is 2.13. The molecule has 1 fully saturated rings. The molecule has 0 aliphatic carbocycles. The topological polar surface area (TPSA) is 81.0 Å². The van der Waals surface area contributed by atoms with Crippen molar-refractivity contribution in [1.29, 1.82) is 0 Å². The Morgan fingerprint density at radius 3 is 2.59 bits per heavy atom. The van der Waals surface area contributed by atoms with Crippen LogP contribution < -0.4 is 21.3 Å². The van der Waals surface area contributed by atoms with Gasteiger partial charge in [-0.15, -0.1) is 11.3 Å². The molecule has 3 N–H and O–H groups in total. The van der Waals surface area contributed by atoms with E-state index in [4.69, 9.17) is 0 Å². The van der Waals surface area contributed by atoms with Crippen LogP contribution >= 0.6 is 11.3 Å². The summed E-state index contributed by atoms with van der Waals surface area (Å²) in [6, 6.07) is 0. The predicted molar refractivity (Wildman–Crippen MR) is 68.1 cm³/mol. The molecule has 0 aromatic carbocycles. The van der Waals surface area contributed by atoms with E-state index in [-0.39, 0.29) is 0 Å². The third kappa shape index (κ3) is 1.77. The average molecular weight is 252 g/mol. The van der Waals surface area contributed by atoms with Gasteiger partial charge in [-0.05, 0) is 0 Å². The lowest BCUT2D eigenvalue weighted by Crippen LogP contribution is -2.43. The van der Waals surface area contributed by atoms with Crippen molar-refractivity contribution < 1.29 is 0 Å². The zero-order valence-corrected chi connectivity index (χ0v) is 9.89. The highest BCUT2D eigenvalue weighted by molar-refractivity contribution is 7.16. The minimum Gasteiger partial charge on any atom is -0.359 e. The van der Waals surface area contributed by atoms with E-state index in [1.807, 2.05) is 5.38 Å². The Hall–Kier alpha value is -1.60. The number of rotatable bonds is 1. The second kappa shape index (κ2) is 4.01. The van der Waals surface area contributed by atoms with Crippen LogP contribution in [0.5, 0.6) is 0 Å². The lowest BCUT2D eigenvalue weighted by Gasteiger charge is -2.28. The summed E-state index contributed by atoms with van der Waals surface area (Å²) < 4.78 is 0. The maximum absolute atomic E-state index is 11.3. The summed E-state index contributed by atoms with van der Waals surface area (Å²) in [7, 11) is 0. The van der Waals surface area contributed by atoms with Gasteiger partial charge in [-0.3, -0.25) is 9.59 Å². The van der Waals surface area contributed by atoms with E-state index in [2.05, 4.69) is 20.2 Å². The van der Waals surface area contributed by atoms with Crippen LogP contribution in [0.15, 0.2) is 15.0 Å². The van der Waals surface area contributed by atoms with Crippen LogP contribution in [0, 0.1) is 0 Å². The standard InChI is InChI=1S/C10H12N4O2S/c15-8-9(16)13-7-6(12-8)5-17-10(7)14-3-1-11-2-4-14/h5,11H,1-4H2,(H,12,15)(H,13,16). The first kappa shape index (κ1) is 10.5. The largest absolute Gasteiger partial charge is 0.359 e. The molecule has 90 valence electrons. The fourth-order valence-corrected chi connectivity index (χ4v) is 3.03. The lowest BCUT2D eigenvalue weighted by molar-refractivity contribution is 0.592. The quantitative estimate of drug-likeness (QED) is 0.608. The van der Waals surface area contributed by atoms with Gasteiger partial charge in [0, 0.05) is 31.6 Å². The normalized spacial score (nSPS) is 16.6. The molecule has 2 aromatic heterocycles. The second-order valence-electron chi connectivity index (χ2n) is 3.97. The van der Waals surface area contributed by atoms with Crippen molar-refractivity contribution >= 4 is 27.4 Å². The molecule has 0 unspecified atom stereocenters. The molecule has 0 amide bonds. The molecule has 1 aliphatic heterocycles. The molecular weight excluding hydrogens is 240 g/mol. The van der Waals surface area contributed by atoms with Crippen LogP contribution in [0.3, 0.4) is 0 Å². The van der Waals surface area contributed by atoms with Crippen molar-refractivity contribution in [1.82, 2.24) is 15.3 Å². The van der Waals surface area contributed by atoms with Gasteiger partial charge in [0.2, 0.25) is 0 Å². The van der Waals surface area contributed by atoms with E-state index in [1.165, 1.54) is 0 Å². The van der Waals surface area contributed by atoms with Crippen molar-refractivity contribution in [3.05, 3.63) is 26.1 Å². The van der Waals surface area contributed by atoms with E-state index in [0.29, 0.717) is 5.52 Å². The van der Waals surface area contributed by atoms with Crippen LogP contribution in [0.2, 0.25) is 0 Å². The summed E-state index contributed by atoms with van der Waals surface area (Å²) in [6.07, 6.45) is 0. The molecule has 0 atom stereocenters. The molecule has 0 radical (unpaired) electrons. The molecule has 17 heavy (non-hydrogen) atoms. The summed E-state index contributed by atoms with van der Waals surface area (Å²) in [6.45, 7) is 3.70. The van der Waals surface area contributed by atoms with Crippen LogP contribution in [0.25, 0.3) is 11.0 Å². The highest BCUT2D eigenvalue weighted by atomic mass is 32.1. The smallest absolute Gasteiger partial charge is 0.314 e. The number of nitrogens with zero attached hydrogens (tertiary/aromatic N) is 1. The highest BCUT2D eigenvalue weighted by Crippen LogP contribution is 2.30. The highest BCUT2D eigenvalue weighted by Gasteiger charge is 2.16. The summed E-state index contributed by atoms with van der Waals surface area (Å²) >= 11 is 1.54. The van der Waals surface area contributed by atoms with Gasteiger partial charge in [-0.1, -0.05) is 0 Å². The Bertz CT molecular complexity index is 650. The maximum atomic E-state index is 11.3. The van der Waals surface area contributed by atoms with Crippen molar-refractivity contribution in [3.63, 3.8) is 0 Å². The van der Waals surface area contributed by atoms with Gasteiger partial charge in [-0.25, -0.2) is 0 Å². The summed E-state index contributed by atoms with van der Waals surface area (Å²) in [4.78, 5) is 30.0. The number of thiophene rings is 1. The Kier molecular flexibility index (Phi) is 2.49. The molecule has 3 rings (SSSR count). The Labute approximate surface area is 100 Å². The second-order valence-corrected chi connectivity index (χ2v) is 4.83. The molecule has 1 saturated heterocycles. The van der Waals surface area contributed by atoms with Crippen molar-refractivity contribution in [2.24, 2.45) is 0 Å². The predicted octanol–water partition coefficient (Wildman–Crippen LogP) is -0.313. The molecular formula is C10H12N4O2S. The van der Waals surface area contributed by atoms with Crippen molar-refractivity contribution in [2.75, 3.05) is 31.1 Å². The van der Waals surface area contributed by atoms with Crippen LogP contribution in [-0.2, 0) is 0 Å². The van der Waals surface area contributed by atoms with E-state index in [0.717, 1.165) is 36.7 Å². The summed E-state index contributed by atoms with van der Waals surface area (Å²) in [5, 5.41) is 6.17. The van der Waals surface area contributed by atoms with Gasteiger partial charge in [0.1, 0.15) is 10.5 Å². The maximum Gasteiger partial charge on any atom is 0.314 e. The number of fused-ring (bicyclic) bond motifs is 1. The number of H-pyrrole nitrogens is 2. The first-order valence-electron chi connectivity index (χ1n) is 5.45. The third-order valence-corrected chi connectivity index (χ3v) is 3.91. The molecule has 6 nitrogen and oxygen atoms in total. The van der Waals surface area contributed by atoms with Gasteiger partial charge in [0.25, 0.3) is 0 Å².